The molecule has 3 aliphatic carbocycles. The lowest BCUT2D eigenvalue weighted by atomic mass is 9.48. The molecule has 0 aromatic rings. The second kappa shape index (κ2) is 2.48. The van der Waals surface area contributed by atoms with Crippen molar-refractivity contribution in [1.82, 2.24) is 5.32 Å². The van der Waals surface area contributed by atoms with Gasteiger partial charge >= 0.3 is 0 Å². The first kappa shape index (κ1) is 7.60. The van der Waals surface area contributed by atoms with Crippen molar-refractivity contribution in [3.05, 3.63) is 0 Å². The lowest BCUT2D eigenvalue weighted by molar-refractivity contribution is -0.0737. The largest absolute Gasteiger partial charge is 0.319 e. The Hall–Kier alpha value is -0.0400. The maximum Gasteiger partial charge on any atom is -0.00157 e. The highest BCUT2D eigenvalue weighted by Gasteiger charge is 2.51. The Bertz CT molecular complexity index is 151. The Morgan fingerprint density at radius 2 is 2.36 bits per heavy atom. The van der Waals surface area contributed by atoms with Crippen LogP contribution in [0.1, 0.15) is 32.6 Å². The Balaban J connectivity index is 1.99. The smallest absolute Gasteiger partial charge is 0.00157 e. The standard InChI is InChI=1S/C10H19N/c1-10-5-3-4-8(6-10)9(10)7-11-2/h8-9,11H,3-7H2,1-2H3/t8-,9-,10+/m0/s1. The van der Waals surface area contributed by atoms with Gasteiger partial charge in [0.25, 0.3) is 0 Å². The van der Waals surface area contributed by atoms with Gasteiger partial charge in [-0.1, -0.05) is 19.8 Å². The first-order valence-electron chi connectivity index (χ1n) is 4.91. The average molecular weight is 153 g/mol. The first-order valence-corrected chi connectivity index (χ1v) is 4.91. The van der Waals surface area contributed by atoms with Crippen LogP contribution in [0.2, 0.25) is 0 Å². The summed E-state index contributed by atoms with van der Waals surface area (Å²) in [5.74, 6) is 2.07. The molecule has 11 heavy (non-hydrogen) atoms. The van der Waals surface area contributed by atoms with E-state index in [1.165, 1.54) is 32.2 Å². The summed E-state index contributed by atoms with van der Waals surface area (Å²) < 4.78 is 0. The molecule has 3 fully saturated rings. The van der Waals surface area contributed by atoms with Crippen molar-refractivity contribution in [2.45, 2.75) is 32.6 Å². The molecule has 2 bridgehead atoms. The highest BCUT2D eigenvalue weighted by molar-refractivity contribution is 5.02. The summed E-state index contributed by atoms with van der Waals surface area (Å²) in [6.45, 7) is 3.73. The van der Waals surface area contributed by atoms with Crippen molar-refractivity contribution < 1.29 is 0 Å². The zero-order chi connectivity index (χ0) is 7.90. The van der Waals surface area contributed by atoms with Gasteiger partial charge in [-0.15, -0.1) is 0 Å². The molecular weight excluding hydrogens is 134 g/mol. The van der Waals surface area contributed by atoms with Gasteiger partial charge in [0.15, 0.2) is 0 Å². The van der Waals surface area contributed by atoms with Crippen LogP contribution in [-0.4, -0.2) is 13.6 Å². The SMILES string of the molecule is CNC[C@H]1[C@H]2CCC[C@]1(C)C2. The molecule has 3 atom stereocenters. The predicted octanol–water partition coefficient (Wildman–Crippen LogP) is 2.03. The van der Waals surface area contributed by atoms with Gasteiger partial charge in [0, 0.05) is 0 Å². The van der Waals surface area contributed by atoms with Crippen molar-refractivity contribution in [3.63, 3.8) is 0 Å². The quantitative estimate of drug-likeness (QED) is 0.640. The monoisotopic (exact) mass is 153 g/mol. The molecule has 3 aliphatic rings. The maximum absolute atomic E-state index is 3.32. The van der Waals surface area contributed by atoms with Crippen LogP contribution in [0.3, 0.4) is 0 Å². The molecule has 1 heteroatoms. The van der Waals surface area contributed by atoms with Gasteiger partial charge in [0.05, 0.1) is 0 Å². The first-order chi connectivity index (χ1) is 5.26. The highest BCUT2D eigenvalue weighted by Crippen LogP contribution is 2.59. The summed E-state index contributed by atoms with van der Waals surface area (Å²) in [6, 6.07) is 0. The van der Waals surface area contributed by atoms with E-state index < -0.39 is 0 Å². The van der Waals surface area contributed by atoms with E-state index in [1.807, 2.05) is 0 Å². The molecule has 0 aliphatic heterocycles. The van der Waals surface area contributed by atoms with Crippen LogP contribution in [-0.2, 0) is 0 Å². The molecule has 0 spiro atoms. The van der Waals surface area contributed by atoms with Crippen LogP contribution in [0.5, 0.6) is 0 Å². The maximum atomic E-state index is 3.32. The van der Waals surface area contributed by atoms with Gasteiger partial charge < -0.3 is 5.32 Å². The molecule has 0 aromatic carbocycles. The van der Waals surface area contributed by atoms with E-state index in [-0.39, 0.29) is 0 Å². The number of hydrogen-bond donors (Lipinski definition) is 1. The van der Waals surface area contributed by atoms with Gasteiger partial charge in [-0.2, -0.15) is 0 Å². The Labute approximate surface area is 69.6 Å². The number of nitrogens with one attached hydrogen (secondary N) is 1. The van der Waals surface area contributed by atoms with Crippen molar-refractivity contribution in [2.24, 2.45) is 17.3 Å². The van der Waals surface area contributed by atoms with E-state index in [1.54, 1.807) is 0 Å². The molecular formula is C10H19N. The van der Waals surface area contributed by atoms with Gasteiger partial charge in [0.2, 0.25) is 0 Å². The van der Waals surface area contributed by atoms with Crippen LogP contribution < -0.4 is 5.32 Å². The van der Waals surface area contributed by atoms with E-state index in [4.69, 9.17) is 0 Å². The van der Waals surface area contributed by atoms with Gasteiger partial charge in [-0.25, -0.2) is 0 Å². The molecule has 3 saturated carbocycles. The van der Waals surface area contributed by atoms with E-state index >= 15 is 0 Å². The van der Waals surface area contributed by atoms with Gasteiger partial charge in [-0.3, -0.25) is 0 Å². The average Bonchev–Trinajstić information content (AvgIpc) is 2.00. The minimum atomic E-state index is 0.728. The molecule has 3 rings (SSSR count). The van der Waals surface area contributed by atoms with Crippen molar-refractivity contribution in [2.75, 3.05) is 13.6 Å². The molecule has 0 saturated heterocycles. The van der Waals surface area contributed by atoms with Gasteiger partial charge in [0.1, 0.15) is 0 Å². The molecule has 0 radical (unpaired) electrons. The van der Waals surface area contributed by atoms with Crippen LogP contribution in [0, 0.1) is 17.3 Å². The summed E-state index contributed by atoms with van der Waals surface area (Å²) in [5, 5.41) is 3.32. The molecule has 1 nitrogen and oxygen atoms in total. The minimum Gasteiger partial charge on any atom is -0.319 e. The topological polar surface area (TPSA) is 12.0 Å². The lowest BCUT2D eigenvalue weighted by Gasteiger charge is -2.58. The number of rotatable bonds is 2. The van der Waals surface area contributed by atoms with Crippen molar-refractivity contribution in [3.8, 4) is 0 Å². The zero-order valence-corrected chi connectivity index (χ0v) is 7.69. The van der Waals surface area contributed by atoms with Gasteiger partial charge in [-0.05, 0) is 43.7 Å². The van der Waals surface area contributed by atoms with Crippen LogP contribution >= 0.6 is 0 Å². The Kier molecular flexibility index (Phi) is 1.71. The molecule has 64 valence electrons. The summed E-state index contributed by atoms with van der Waals surface area (Å²) in [6.07, 6.45) is 5.98. The third kappa shape index (κ3) is 1.01. The molecule has 0 amide bonds. The zero-order valence-electron chi connectivity index (χ0n) is 7.69. The van der Waals surface area contributed by atoms with Crippen LogP contribution in [0.25, 0.3) is 0 Å². The lowest BCUT2D eigenvalue weighted by Crippen LogP contribution is -2.52. The number of fused-ring (bicyclic) bond motifs is 2. The van der Waals surface area contributed by atoms with E-state index in [0.29, 0.717) is 0 Å². The van der Waals surface area contributed by atoms with Crippen LogP contribution in [0.4, 0.5) is 0 Å². The van der Waals surface area contributed by atoms with Crippen molar-refractivity contribution in [1.29, 1.82) is 0 Å². The summed E-state index contributed by atoms with van der Waals surface area (Å²) >= 11 is 0. The summed E-state index contributed by atoms with van der Waals surface area (Å²) in [5.41, 5.74) is 0.728. The van der Waals surface area contributed by atoms with E-state index in [0.717, 1.165) is 17.3 Å². The second-order valence-corrected chi connectivity index (χ2v) is 4.67. The molecule has 1 N–H and O–H groups in total. The normalized spacial score (nSPS) is 48.5. The van der Waals surface area contributed by atoms with Crippen molar-refractivity contribution >= 4 is 0 Å². The fourth-order valence-corrected chi connectivity index (χ4v) is 3.29. The Morgan fingerprint density at radius 3 is 2.91 bits per heavy atom. The molecule has 0 unspecified atom stereocenters. The van der Waals surface area contributed by atoms with E-state index in [2.05, 4.69) is 19.3 Å². The highest BCUT2D eigenvalue weighted by atomic mass is 14.8. The third-order valence-corrected chi connectivity index (χ3v) is 3.94. The van der Waals surface area contributed by atoms with Crippen LogP contribution in [0.15, 0.2) is 0 Å². The summed E-state index contributed by atoms with van der Waals surface area (Å²) in [4.78, 5) is 0. The fraction of sp³-hybridized carbons (Fsp3) is 1.00. The number of hydrogen-bond acceptors (Lipinski definition) is 1. The predicted molar refractivity (Wildman–Crippen MR) is 47.5 cm³/mol. The second-order valence-electron chi connectivity index (χ2n) is 4.67. The minimum absolute atomic E-state index is 0.728. The fourth-order valence-electron chi connectivity index (χ4n) is 3.29. The third-order valence-electron chi connectivity index (χ3n) is 3.94. The summed E-state index contributed by atoms with van der Waals surface area (Å²) in [7, 11) is 2.08. The molecule has 0 aromatic heterocycles. The molecule has 0 heterocycles. The Morgan fingerprint density at radius 1 is 1.55 bits per heavy atom. The van der Waals surface area contributed by atoms with E-state index in [9.17, 15) is 0 Å².